The Morgan fingerprint density at radius 2 is 2.17 bits per heavy atom. The summed E-state index contributed by atoms with van der Waals surface area (Å²) in [5.41, 5.74) is 0. The fourth-order valence-electron chi connectivity index (χ4n) is 1.49. The van der Waals surface area contributed by atoms with Crippen molar-refractivity contribution in [2.24, 2.45) is 0 Å². The summed E-state index contributed by atoms with van der Waals surface area (Å²) >= 11 is 1.68. The maximum Gasteiger partial charge on any atom is 0.224 e. The third kappa shape index (κ3) is 3.16. The summed E-state index contributed by atoms with van der Waals surface area (Å²) in [7, 11) is 0. The molecule has 0 saturated heterocycles. The number of hydrogen-bond acceptors (Lipinski definition) is 5. The number of aromatic nitrogens is 2. The Kier molecular flexibility index (Phi) is 4.09. The zero-order valence-corrected chi connectivity index (χ0v) is 11.1. The van der Waals surface area contributed by atoms with Crippen molar-refractivity contribution in [1.29, 1.82) is 0 Å². The van der Waals surface area contributed by atoms with Gasteiger partial charge in [-0.15, -0.1) is 11.3 Å². The normalized spacial score (nSPS) is 10.4. The molecule has 0 aliphatic heterocycles. The fraction of sp³-hybridized carbons (Fsp3) is 0.333. The van der Waals surface area contributed by atoms with Crippen LogP contribution in [-0.2, 0) is 6.54 Å². The van der Waals surface area contributed by atoms with Gasteiger partial charge in [0.15, 0.2) is 11.6 Å². The van der Waals surface area contributed by atoms with E-state index in [9.17, 15) is 4.39 Å². The van der Waals surface area contributed by atoms with E-state index in [0.29, 0.717) is 19.0 Å². The lowest BCUT2D eigenvalue weighted by Gasteiger charge is -2.07. The number of rotatable bonds is 5. The minimum atomic E-state index is -0.440. The van der Waals surface area contributed by atoms with Gasteiger partial charge in [0.2, 0.25) is 5.95 Å². The van der Waals surface area contributed by atoms with Crippen LogP contribution in [0.2, 0.25) is 0 Å². The molecule has 0 bridgehead atoms. The molecule has 2 rings (SSSR count). The fourth-order valence-corrected chi connectivity index (χ4v) is 2.32. The van der Waals surface area contributed by atoms with Crippen molar-refractivity contribution in [3.8, 4) is 0 Å². The van der Waals surface area contributed by atoms with Gasteiger partial charge in [-0.1, -0.05) is 0 Å². The average Bonchev–Trinajstić information content (AvgIpc) is 2.76. The van der Waals surface area contributed by atoms with E-state index in [4.69, 9.17) is 0 Å². The Morgan fingerprint density at radius 1 is 1.33 bits per heavy atom. The number of halogens is 1. The number of nitrogens with zero attached hydrogens (tertiary/aromatic N) is 2. The lowest BCUT2D eigenvalue weighted by molar-refractivity contribution is 0.617. The van der Waals surface area contributed by atoms with Gasteiger partial charge < -0.3 is 10.6 Å². The molecule has 0 atom stereocenters. The lowest BCUT2D eigenvalue weighted by Crippen LogP contribution is -2.07. The highest BCUT2D eigenvalue weighted by molar-refractivity contribution is 7.11. The molecule has 0 aromatic carbocycles. The van der Waals surface area contributed by atoms with Crippen LogP contribution in [0.4, 0.5) is 16.2 Å². The van der Waals surface area contributed by atoms with Gasteiger partial charge in [0.05, 0.1) is 12.7 Å². The molecule has 4 nitrogen and oxygen atoms in total. The van der Waals surface area contributed by atoms with Crippen LogP contribution in [0.5, 0.6) is 0 Å². The minimum absolute atomic E-state index is 0.229. The number of thiophene rings is 1. The van der Waals surface area contributed by atoms with Crippen molar-refractivity contribution in [3.63, 3.8) is 0 Å². The lowest BCUT2D eigenvalue weighted by atomic mass is 10.4. The maximum atomic E-state index is 13.5. The summed E-state index contributed by atoms with van der Waals surface area (Å²) in [6.45, 7) is 5.25. The second-order valence-corrected chi connectivity index (χ2v) is 5.16. The summed E-state index contributed by atoms with van der Waals surface area (Å²) in [5, 5.41) is 5.94. The quantitative estimate of drug-likeness (QED) is 0.873. The van der Waals surface area contributed by atoms with E-state index in [1.807, 2.05) is 26.0 Å². The molecule has 0 amide bonds. The van der Waals surface area contributed by atoms with Crippen LogP contribution in [0.3, 0.4) is 0 Å². The molecule has 0 fully saturated rings. The van der Waals surface area contributed by atoms with Crippen molar-refractivity contribution in [1.82, 2.24) is 9.97 Å². The van der Waals surface area contributed by atoms with Gasteiger partial charge in [0, 0.05) is 16.3 Å². The summed E-state index contributed by atoms with van der Waals surface area (Å²) in [4.78, 5) is 10.3. The SMILES string of the molecule is CCNc1ncc(F)c(NCc2ccc(C)s2)n1. The van der Waals surface area contributed by atoms with Gasteiger partial charge in [0.1, 0.15) is 0 Å². The Hall–Kier alpha value is -1.69. The van der Waals surface area contributed by atoms with Gasteiger partial charge in [-0.05, 0) is 26.0 Å². The highest BCUT2D eigenvalue weighted by Gasteiger charge is 2.06. The third-order valence-corrected chi connectivity index (χ3v) is 3.31. The van der Waals surface area contributed by atoms with Crippen LogP contribution < -0.4 is 10.6 Å². The van der Waals surface area contributed by atoms with Gasteiger partial charge in [0.25, 0.3) is 0 Å². The predicted molar refractivity (Wildman–Crippen MR) is 72.5 cm³/mol. The molecular formula is C12H15FN4S. The summed E-state index contributed by atoms with van der Waals surface area (Å²) in [6.07, 6.45) is 1.17. The monoisotopic (exact) mass is 266 g/mol. The van der Waals surface area contributed by atoms with Crippen LogP contribution in [0.25, 0.3) is 0 Å². The smallest absolute Gasteiger partial charge is 0.224 e. The third-order valence-electron chi connectivity index (χ3n) is 2.31. The number of aryl methyl sites for hydroxylation is 1. The molecule has 0 saturated carbocycles. The van der Waals surface area contributed by atoms with Crippen LogP contribution in [-0.4, -0.2) is 16.5 Å². The van der Waals surface area contributed by atoms with Gasteiger partial charge in [-0.3, -0.25) is 0 Å². The van der Waals surface area contributed by atoms with Crippen molar-refractivity contribution in [3.05, 3.63) is 33.9 Å². The van der Waals surface area contributed by atoms with E-state index >= 15 is 0 Å². The Balaban J connectivity index is 2.05. The first-order valence-corrected chi connectivity index (χ1v) is 6.56. The molecule has 0 unspecified atom stereocenters. The van der Waals surface area contributed by atoms with Crippen LogP contribution in [0, 0.1) is 12.7 Å². The molecule has 0 radical (unpaired) electrons. The van der Waals surface area contributed by atoms with Gasteiger partial charge >= 0.3 is 0 Å². The van der Waals surface area contributed by atoms with Crippen LogP contribution in [0.15, 0.2) is 18.3 Å². The molecule has 0 spiro atoms. The molecule has 96 valence electrons. The number of anilines is 2. The standard InChI is InChI=1S/C12H15FN4S/c1-3-14-12-16-7-10(13)11(17-12)15-6-9-5-4-8(2)18-9/h4-5,7H,3,6H2,1-2H3,(H2,14,15,16,17). The molecule has 2 heterocycles. The molecular weight excluding hydrogens is 251 g/mol. The molecule has 2 aromatic heterocycles. The van der Waals surface area contributed by atoms with E-state index in [1.165, 1.54) is 11.1 Å². The first-order chi connectivity index (χ1) is 8.69. The summed E-state index contributed by atoms with van der Waals surface area (Å²) < 4.78 is 13.5. The van der Waals surface area contributed by atoms with Crippen LogP contribution >= 0.6 is 11.3 Å². The Bertz CT molecular complexity index is 527. The number of nitrogens with one attached hydrogen (secondary N) is 2. The molecule has 18 heavy (non-hydrogen) atoms. The summed E-state index contributed by atoms with van der Waals surface area (Å²) in [6, 6.07) is 4.07. The highest BCUT2D eigenvalue weighted by atomic mass is 32.1. The van der Waals surface area contributed by atoms with Crippen molar-refractivity contribution in [2.75, 3.05) is 17.2 Å². The Labute approximate surface area is 109 Å². The maximum absolute atomic E-state index is 13.5. The van der Waals surface area contributed by atoms with E-state index in [-0.39, 0.29) is 5.82 Å². The zero-order chi connectivity index (χ0) is 13.0. The van der Waals surface area contributed by atoms with E-state index in [1.54, 1.807) is 11.3 Å². The topological polar surface area (TPSA) is 49.8 Å². The zero-order valence-electron chi connectivity index (χ0n) is 10.3. The van der Waals surface area contributed by atoms with E-state index < -0.39 is 5.82 Å². The van der Waals surface area contributed by atoms with E-state index in [0.717, 1.165) is 4.88 Å². The van der Waals surface area contributed by atoms with E-state index in [2.05, 4.69) is 20.6 Å². The average molecular weight is 266 g/mol. The van der Waals surface area contributed by atoms with Crippen molar-refractivity contribution < 1.29 is 4.39 Å². The Morgan fingerprint density at radius 3 is 2.83 bits per heavy atom. The second-order valence-electron chi connectivity index (χ2n) is 3.79. The largest absolute Gasteiger partial charge is 0.363 e. The second kappa shape index (κ2) is 5.77. The molecule has 0 aliphatic carbocycles. The molecule has 2 N–H and O–H groups in total. The summed E-state index contributed by atoms with van der Waals surface area (Å²) in [5.74, 6) is 0.223. The number of hydrogen-bond donors (Lipinski definition) is 2. The van der Waals surface area contributed by atoms with Gasteiger partial charge in [-0.2, -0.15) is 4.98 Å². The molecule has 6 heteroatoms. The molecule has 0 aliphatic rings. The molecule has 2 aromatic rings. The van der Waals surface area contributed by atoms with Crippen molar-refractivity contribution >= 4 is 23.1 Å². The minimum Gasteiger partial charge on any atom is -0.363 e. The predicted octanol–water partition coefficient (Wildman–Crippen LogP) is 3.03. The van der Waals surface area contributed by atoms with Gasteiger partial charge in [-0.25, -0.2) is 9.37 Å². The highest BCUT2D eigenvalue weighted by Crippen LogP contribution is 2.18. The van der Waals surface area contributed by atoms with Crippen LogP contribution in [0.1, 0.15) is 16.7 Å². The van der Waals surface area contributed by atoms with Crippen molar-refractivity contribution in [2.45, 2.75) is 20.4 Å². The first-order valence-electron chi connectivity index (χ1n) is 5.74. The first kappa shape index (κ1) is 12.8.